The number of hydrogen-bond acceptors (Lipinski definition) is 7. The second-order valence-electron chi connectivity index (χ2n) is 10.2. The van der Waals surface area contributed by atoms with Crippen LogP contribution in [0.2, 0.25) is 5.02 Å². The minimum Gasteiger partial charge on any atom is -0.378 e. The first kappa shape index (κ1) is 32.5. The zero-order valence-electron chi connectivity index (χ0n) is 25.0. The zero-order valence-corrected chi connectivity index (χ0v) is 27.4. The molecule has 46 heavy (non-hydrogen) atoms. The molecule has 0 atom stereocenters. The predicted octanol–water partition coefficient (Wildman–Crippen LogP) is 7.67. The number of benzene rings is 4. The highest BCUT2D eigenvalue weighted by Crippen LogP contribution is 2.27. The molecular formula is C35H30ClN5O3S2. The number of nitrogens with one attached hydrogen (secondary N) is 3. The average Bonchev–Trinajstić information content (AvgIpc) is 3.53. The van der Waals surface area contributed by atoms with Crippen LogP contribution in [0.1, 0.15) is 15.9 Å². The molecule has 0 bridgehead atoms. The Kier molecular flexibility index (Phi) is 10.9. The van der Waals surface area contributed by atoms with E-state index in [4.69, 9.17) is 11.6 Å². The number of carbonyl (C=O) groups excluding carboxylic acids is 3. The van der Waals surface area contributed by atoms with Gasteiger partial charge in [-0.05, 0) is 66.2 Å². The van der Waals surface area contributed by atoms with E-state index < -0.39 is 11.8 Å². The Morgan fingerprint density at radius 3 is 2.35 bits per heavy atom. The molecule has 0 radical (unpaired) electrons. The van der Waals surface area contributed by atoms with Gasteiger partial charge < -0.3 is 20.9 Å². The van der Waals surface area contributed by atoms with E-state index in [-0.39, 0.29) is 17.4 Å². The van der Waals surface area contributed by atoms with E-state index in [0.29, 0.717) is 21.4 Å². The topological polar surface area (TPSA) is 103 Å². The molecule has 3 amide bonds. The summed E-state index contributed by atoms with van der Waals surface area (Å²) in [5.41, 5.74) is 4.46. The Morgan fingerprint density at radius 1 is 0.891 bits per heavy atom. The second kappa shape index (κ2) is 15.4. The number of nitrogens with zero attached hydrogens (tertiary/aromatic N) is 2. The van der Waals surface area contributed by atoms with Crippen molar-refractivity contribution >= 4 is 75.0 Å². The fourth-order valence-electron chi connectivity index (χ4n) is 4.23. The third-order valence-electron chi connectivity index (χ3n) is 6.60. The summed E-state index contributed by atoms with van der Waals surface area (Å²) in [4.78, 5) is 46.4. The number of halogens is 1. The van der Waals surface area contributed by atoms with Gasteiger partial charge in [0.25, 0.3) is 11.8 Å². The van der Waals surface area contributed by atoms with Crippen molar-refractivity contribution in [1.29, 1.82) is 0 Å². The van der Waals surface area contributed by atoms with Gasteiger partial charge in [-0.2, -0.15) is 0 Å². The van der Waals surface area contributed by atoms with Crippen LogP contribution < -0.4 is 20.9 Å². The van der Waals surface area contributed by atoms with Gasteiger partial charge in [0.15, 0.2) is 5.13 Å². The van der Waals surface area contributed by atoms with E-state index in [0.717, 1.165) is 27.4 Å². The van der Waals surface area contributed by atoms with Crippen LogP contribution >= 0.6 is 34.7 Å². The first-order valence-electron chi connectivity index (χ1n) is 14.1. The second-order valence-corrected chi connectivity index (χ2v) is 12.6. The van der Waals surface area contributed by atoms with E-state index in [2.05, 4.69) is 20.9 Å². The van der Waals surface area contributed by atoms with Crippen LogP contribution in [0.25, 0.3) is 17.3 Å². The maximum atomic E-state index is 13.5. The molecule has 5 aromatic rings. The molecule has 1 aromatic heterocycles. The van der Waals surface area contributed by atoms with Crippen LogP contribution in [0.4, 0.5) is 16.5 Å². The van der Waals surface area contributed by atoms with E-state index in [1.807, 2.05) is 72.9 Å². The molecule has 4 aromatic carbocycles. The molecule has 232 valence electrons. The molecule has 0 fully saturated rings. The quantitative estimate of drug-likeness (QED) is 0.0987. The normalized spacial score (nSPS) is 11.1. The average molecular weight is 668 g/mol. The molecular weight excluding hydrogens is 638 g/mol. The van der Waals surface area contributed by atoms with E-state index in [9.17, 15) is 14.4 Å². The summed E-state index contributed by atoms with van der Waals surface area (Å²) in [6.45, 7) is 0. The largest absolute Gasteiger partial charge is 0.378 e. The van der Waals surface area contributed by atoms with Crippen molar-refractivity contribution in [3.05, 3.63) is 130 Å². The number of rotatable bonds is 11. The minimum atomic E-state index is -0.485. The van der Waals surface area contributed by atoms with Crippen molar-refractivity contribution in [3.63, 3.8) is 0 Å². The van der Waals surface area contributed by atoms with Crippen LogP contribution in [0.3, 0.4) is 0 Å². The molecule has 5 rings (SSSR count). The summed E-state index contributed by atoms with van der Waals surface area (Å²) in [5.74, 6) is -0.941. The third-order valence-corrected chi connectivity index (χ3v) is 8.61. The van der Waals surface area contributed by atoms with Crippen LogP contribution in [0.15, 0.2) is 119 Å². The fraction of sp³-hybridized carbons (Fsp3) is 0.0857. The Balaban J connectivity index is 1.23. The van der Waals surface area contributed by atoms with Gasteiger partial charge in [-0.15, -0.1) is 23.1 Å². The van der Waals surface area contributed by atoms with Crippen LogP contribution in [-0.2, 0) is 9.59 Å². The zero-order chi connectivity index (χ0) is 32.5. The summed E-state index contributed by atoms with van der Waals surface area (Å²) in [7, 11) is 3.89. The number of amides is 3. The Hall–Kier alpha value is -4.90. The molecule has 1 heterocycles. The Labute approximate surface area is 280 Å². The molecule has 0 saturated carbocycles. The van der Waals surface area contributed by atoms with Gasteiger partial charge >= 0.3 is 0 Å². The van der Waals surface area contributed by atoms with Crippen LogP contribution in [0.5, 0.6) is 0 Å². The highest BCUT2D eigenvalue weighted by Gasteiger charge is 2.16. The minimum absolute atomic E-state index is 0.0882. The Morgan fingerprint density at radius 2 is 1.63 bits per heavy atom. The smallest absolute Gasteiger partial charge is 0.272 e. The van der Waals surface area contributed by atoms with Crippen molar-refractivity contribution < 1.29 is 14.4 Å². The molecule has 0 aliphatic carbocycles. The fourth-order valence-corrected chi connectivity index (χ4v) is 5.85. The standard InChI is InChI=1S/C35H30ClN5O3S2/c1-41(2)28-17-11-23(12-18-28)19-30(38-33(43)25-7-4-3-5-8-25)34(44)37-27-9-6-10-29(20-27)45-22-32(42)40-35-39-31(21-46-35)24-13-15-26(36)16-14-24/h3-21H,22H2,1-2H3,(H,37,44)(H,38,43)(H,39,40,42)/b30-19+. The maximum absolute atomic E-state index is 13.5. The monoisotopic (exact) mass is 667 g/mol. The number of thioether (sulfide) groups is 1. The first-order valence-corrected chi connectivity index (χ1v) is 16.4. The number of thiazole rings is 1. The summed E-state index contributed by atoms with van der Waals surface area (Å²) in [5, 5.41) is 11.5. The van der Waals surface area contributed by atoms with Crippen molar-refractivity contribution in [3.8, 4) is 11.3 Å². The summed E-state index contributed by atoms with van der Waals surface area (Å²) in [6, 6.07) is 30.9. The predicted molar refractivity (Wildman–Crippen MR) is 190 cm³/mol. The molecule has 8 nitrogen and oxygen atoms in total. The van der Waals surface area contributed by atoms with Crippen molar-refractivity contribution in [2.24, 2.45) is 0 Å². The molecule has 0 aliphatic rings. The molecule has 0 saturated heterocycles. The highest BCUT2D eigenvalue weighted by atomic mass is 35.5. The molecule has 11 heteroatoms. The summed E-state index contributed by atoms with van der Waals surface area (Å²) in [6.07, 6.45) is 1.63. The third kappa shape index (κ3) is 9.07. The number of anilines is 3. The van der Waals surface area contributed by atoms with Gasteiger partial charge in [-0.1, -0.05) is 60.1 Å². The van der Waals surface area contributed by atoms with Gasteiger partial charge in [0, 0.05) is 51.9 Å². The number of hydrogen-bond donors (Lipinski definition) is 3. The van der Waals surface area contributed by atoms with Gasteiger partial charge in [-0.3, -0.25) is 14.4 Å². The van der Waals surface area contributed by atoms with E-state index in [1.165, 1.54) is 23.1 Å². The molecule has 0 spiro atoms. The van der Waals surface area contributed by atoms with E-state index >= 15 is 0 Å². The lowest BCUT2D eigenvalue weighted by molar-refractivity contribution is -0.114. The summed E-state index contributed by atoms with van der Waals surface area (Å²) >= 11 is 8.64. The molecule has 0 aliphatic heterocycles. The molecule has 0 unspecified atom stereocenters. The lowest BCUT2D eigenvalue weighted by Crippen LogP contribution is -2.30. The van der Waals surface area contributed by atoms with Crippen molar-refractivity contribution in [2.75, 3.05) is 35.4 Å². The lowest BCUT2D eigenvalue weighted by atomic mass is 10.1. The van der Waals surface area contributed by atoms with Crippen LogP contribution in [0, 0.1) is 0 Å². The highest BCUT2D eigenvalue weighted by molar-refractivity contribution is 8.00. The van der Waals surface area contributed by atoms with Gasteiger partial charge in [-0.25, -0.2) is 4.98 Å². The molecule has 3 N–H and O–H groups in total. The number of aromatic nitrogens is 1. The van der Waals surface area contributed by atoms with Gasteiger partial charge in [0.1, 0.15) is 5.70 Å². The SMILES string of the molecule is CN(C)c1ccc(/C=C(/NC(=O)c2ccccc2)C(=O)Nc2cccc(SCC(=O)Nc3nc(-c4ccc(Cl)cc4)cs3)c2)cc1. The maximum Gasteiger partial charge on any atom is 0.272 e. The van der Waals surface area contributed by atoms with Crippen molar-refractivity contribution in [2.45, 2.75) is 4.90 Å². The van der Waals surface area contributed by atoms with Gasteiger partial charge in [0.05, 0.1) is 11.4 Å². The van der Waals surface area contributed by atoms with Crippen molar-refractivity contribution in [1.82, 2.24) is 10.3 Å². The van der Waals surface area contributed by atoms with Crippen LogP contribution in [-0.4, -0.2) is 42.6 Å². The summed E-state index contributed by atoms with van der Waals surface area (Å²) < 4.78 is 0. The Bertz CT molecular complexity index is 1860. The first-order chi connectivity index (χ1) is 22.2. The van der Waals surface area contributed by atoms with E-state index in [1.54, 1.807) is 60.7 Å². The number of carbonyl (C=O) groups is 3. The van der Waals surface area contributed by atoms with Gasteiger partial charge in [0.2, 0.25) is 5.91 Å². The lowest BCUT2D eigenvalue weighted by Gasteiger charge is -2.14.